The van der Waals surface area contributed by atoms with Crippen LogP contribution in [0, 0.1) is 0 Å². The topological polar surface area (TPSA) is 68.3 Å². The normalized spacial score (nSPS) is 27.5. The van der Waals surface area contributed by atoms with Crippen LogP contribution in [0.1, 0.15) is 15.9 Å². The molecule has 128 valence electrons. The number of epoxide rings is 1. The van der Waals surface area contributed by atoms with Gasteiger partial charge in [-0.05, 0) is 24.3 Å². The standard InChI is InChI=1S/C20H11BrO5/c21-11-7-8-14-15-9(11)3-1-6-13(15)25-20(26-14)10-4-2-5-12(22)16(10)17(23)18-19(20)24-18/h1-8,18-19,22H/t18-,19-,20+/m1/s1. The first-order chi connectivity index (χ1) is 12.6. The number of phenolic OH excluding ortho intramolecular Hbond substituents is 1. The number of hydrogen-bond acceptors (Lipinski definition) is 5. The highest BCUT2D eigenvalue weighted by Gasteiger charge is 2.69. The summed E-state index contributed by atoms with van der Waals surface area (Å²) >= 11 is 3.56. The summed E-state index contributed by atoms with van der Waals surface area (Å²) in [6.07, 6.45) is -1.21. The van der Waals surface area contributed by atoms with Crippen LogP contribution in [0.3, 0.4) is 0 Å². The van der Waals surface area contributed by atoms with Crippen molar-refractivity contribution in [1.29, 1.82) is 0 Å². The minimum Gasteiger partial charge on any atom is -0.507 e. The monoisotopic (exact) mass is 410 g/mol. The van der Waals surface area contributed by atoms with Gasteiger partial charge in [-0.25, -0.2) is 0 Å². The molecule has 6 rings (SSSR count). The molecule has 26 heavy (non-hydrogen) atoms. The second kappa shape index (κ2) is 4.58. The van der Waals surface area contributed by atoms with Crippen LogP contribution in [0.4, 0.5) is 0 Å². The Morgan fingerprint density at radius 3 is 2.62 bits per heavy atom. The van der Waals surface area contributed by atoms with Crippen molar-refractivity contribution in [3.05, 3.63) is 64.1 Å². The maximum absolute atomic E-state index is 12.6. The molecule has 0 amide bonds. The zero-order valence-electron chi connectivity index (χ0n) is 13.2. The fourth-order valence-corrected chi connectivity index (χ4v) is 4.50. The molecule has 1 N–H and O–H groups in total. The van der Waals surface area contributed by atoms with E-state index in [-0.39, 0.29) is 17.1 Å². The van der Waals surface area contributed by atoms with Crippen LogP contribution in [0.5, 0.6) is 17.2 Å². The van der Waals surface area contributed by atoms with Crippen molar-refractivity contribution < 1.29 is 24.1 Å². The molecule has 0 bridgehead atoms. The van der Waals surface area contributed by atoms with Crippen molar-refractivity contribution in [2.75, 3.05) is 0 Å². The maximum Gasteiger partial charge on any atom is 0.308 e. The summed E-state index contributed by atoms with van der Waals surface area (Å²) in [5.74, 6) is -0.304. The number of phenols is 1. The van der Waals surface area contributed by atoms with E-state index in [2.05, 4.69) is 15.9 Å². The molecule has 1 aliphatic carbocycles. The van der Waals surface area contributed by atoms with Gasteiger partial charge in [0.05, 0.1) is 16.5 Å². The molecule has 2 heterocycles. The fourth-order valence-electron chi connectivity index (χ4n) is 4.04. The number of rotatable bonds is 0. The van der Waals surface area contributed by atoms with E-state index in [0.717, 1.165) is 15.2 Å². The Kier molecular flexibility index (Phi) is 2.57. The van der Waals surface area contributed by atoms with Gasteiger partial charge in [0.25, 0.3) is 0 Å². The maximum atomic E-state index is 12.6. The molecule has 0 saturated carbocycles. The highest BCUT2D eigenvalue weighted by atomic mass is 79.9. The molecule has 1 fully saturated rings. The Morgan fingerprint density at radius 2 is 1.77 bits per heavy atom. The van der Waals surface area contributed by atoms with E-state index >= 15 is 0 Å². The minimum atomic E-state index is -1.29. The van der Waals surface area contributed by atoms with E-state index in [0.29, 0.717) is 17.1 Å². The SMILES string of the molecule is O=C1c2c(O)cccc2[C@@]2(Oc3cccc4c(Br)ccc(c34)O2)[C@@H]2O[C@H]12. The molecule has 3 aromatic carbocycles. The van der Waals surface area contributed by atoms with E-state index in [1.165, 1.54) is 6.07 Å². The Hall–Kier alpha value is -2.57. The van der Waals surface area contributed by atoms with Crippen molar-refractivity contribution in [3.8, 4) is 17.2 Å². The van der Waals surface area contributed by atoms with Crippen LogP contribution in [-0.4, -0.2) is 23.1 Å². The minimum absolute atomic E-state index is 0.0900. The van der Waals surface area contributed by atoms with Crippen LogP contribution in [0.15, 0.2) is 53.0 Å². The number of halogens is 1. The molecule has 1 spiro atoms. The van der Waals surface area contributed by atoms with Gasteiger partial charge in [0, 0.05) is 9.86 Å². The number of benzene rings is 3. The first-order valence-electron chi connectivity index (χ1n) is 8.21. The van der Waals surface area contributed by atoms with E-state index in [9.17, 15) is 9.90 Å². The van der Waals surface area contributed by atoms with Crippen molar-refractivity contribution in [2.24, 2.45) is 0 Å². The van der Waals surface area contributed by atoms with Gasteiger partial charge in [-0.3, -0.25) is 4.79 Å². The van der Waals surface area contributed by atoms with Gasteiger partial charge in [0.1, 0.15) is 17.2 Å². The third-order valence-corrected chi connectivity index (χ3v) is 5.91. The van der Waals surface area contributed by atoms with Gasteiger partial charge < -0.3 is 19.3 Å². The second-order valence-corrected chi connectivity index (χ2v) is 7.49. The molecule has 0 unspecified atom stereocenters. The summed E-state index contributed by atoms with van der Waals surface area (Å²) in [6, 6.07) is 14.5. The summed E-state index contributed by atoms with van der Waals surface area (Å²) in [5.41, 5.74) is 0.700. The lowest BCUT2D eigenvalue weighted by Crippen LogP contribution is -2.51. The van der Waals surface area contributed by atoms with Crippen LogP contribution < -0.4 is 9.47 Å². The zero-order valence-corrected chi connectivity index (χ0v) is 14.8. The molecule has 3 aromatic rings. The third-order valence-electron chi connectivity index (χ3n) is 5.22. The second-order valence-electron chi connectivity index (χ2n) is 6.64. The molecule has 3 atom stereocenters. The van der Waals surface area contributed by atoms with Gasteiger partial charge in [-0.15, -0.1) is 0 Å². The fraction of sp³-hybridized carbons (Fsp3) is 0.150. The zero-order chi connectivity index (χ0) is 17.6. The summed E-state index contributed by atoms with van der Waals surface area (Å²) in [6.45, 7) is 0. The predicted octanol–water partition coefficient (Wildman–Crippen LogP) is 3.90. The molecular formula is C20H11BrO5. The van der Waals surface area contributed by atoms with Crippen molar-refractivity contribution in [2.45, 2.75) is 18.0 Å². The Balaban J connectivity index is 1.64. The molecule has 0 radical (unpaired) electrons. The van der Waals surface area contributed by atoms with Crippen molar-refractivity contribution >= 4 is 32.5 Å². The van der Waals surface area contributed by atoms with Gasteiger partial charge in [-0.2, -0.15) is 0 Å². The molecule has 6 heteroatoms. The van der Waals surface area contributed by atoms with Crippen LogP contribution >= 0.6 is 15.9 Å². The Morgan fingerprint density at radius 1 is 1.00 bits per heavy atom. The van der Waals surface area contributed by atoms with Crippen molar-refractivity contribution in [3.63, 3.8) is 0 Å². The average molecular weight is 411 g/mol. The first-order valence-corrected chi connectivity index (χ1v) is 9.01. The van der Waals surface area contributed by atoms with Crippen molar-refractivity contribution in [1.82, 2.24) is 0 Å². The lowest BCUT2D eigenvalue weighted by molar-refractivity contribution is -0.145. The first kappa shape index (κ1) is 14.6. The number of ketones is 1. The summed E-state index contributed by atoms with van der Waals surface area (Å²) in [4.78, 5) is 12.6. The van der Waals surface area contributed by atoms with Gasteiger partial charge in [0.15, 0.2) is 18.0 Å². The lowest BCUT2D eigenvalue weighted by atomic mass is 9.84. The highest BCUT2D eigenvalue weighted by molar-refractivity contribution is 9.10. The van der Waals surface area contributed by atoms with Gasteiger partial charge >= 0.3 is 5.79 Å². The molecular weight excluding hydrogens is 400 g/mol. The van der Waals surface area contributed by atoms with E-state index in [1.54, 1.807) is 12.1 Å². The summed E-state index contributed by atoms with van der Waals surface area (Å²) < 4.78 is 19.3. The third kappa shape index (κ3) is 1.61. The number of carbonyl (C=O) groups is 1. The average Bonchev–Trinajstić information content (AvgIpc) is 3.45. The number of fused-ring (bicyclic) bond motifs is 4. The highest BCUT2D eigenvalue weighted by Crippen LogP contribution is 2.56. The molecule has 2 aliphatic heterocycles. The molecule has 0 aromatic heterocycles. The Bertz CT molecular complexity index is 1130. The molecule has 3 aliphatic rings. The van der Waals surface area contributed by atoms with Crippen LogP contribution in [0.2, 0.25) is 0 Å². The quantitative estimate of drug-likeness (QED) is 0.569. The predicted molar refractivity (Wildman–Crippen MR) is 95.7 cm³/mol. The van der Waals surface area contributed by atoms with Gasteiger partial charge in [-0.1, -0.05) is 40.2 Å². The number of carbonyl (C=O) groups excluding carboxylic acids is 1. The van der Waals surface area contributed by atoms with E-state index in [1.807, 2.05) is 30.3 Å². The van der Waals surface area contributed by atoms with E-state index < -0.39 is 18.0 Å². The van der Waals surface area contributed by atoms with E-state index in [4.69, 9.17) is 14.2 Å². The number of Topliss-reactive ketones (excluding diaryl/α,β-unsaturated/α-hetero) is 1. The Labute approximate surface area is 156 Å². The number of ether oxygens (including phenoxy) is 3. The summed E-state index contributed by atoms with van der Waals surface area (Å²) in [5, 5.41) is 12.1. The smallest absolute Gasteiger partial charge is 0.308 e. The number of hydrogen-bond donors (Lipinski definition) is 1. The summed E-state index contributed by atoms with van der Waals surface area (Å²) in [7, 11) is 0. The van der Waals surface area contributed by atoms with Crippen LogP contribution in [0.25, 0.3) is 10.8 Å². The lowest BCUT2D eigenvalue weighted by Gasteiger charge is -2.40. The van der Waals surface area contributed by atoms with Crippen LogP contribution in [-0.2, 0) is 10.5 Å². The van der Waals surface area contributed by atoms with Gasteiger partial charge in [0.2, 0.25) is 0 Å². The molecule has 5 nitrogen and oxygen atoms in total. The molecule has 1 saturated heterocycles. The largest absolute Gasteiger partial charge is 0.507 e. The number of aromatic hydroxyl groups is 1.